The maximum absolute atomic E-state index is 13.7. The number of benzene rings is 2. The third kappa shape index (κ3) is 6.20. The number of likely N-dealkylation sites (N-methyl/N-ethyl adjacent to an activating group) is 1. The summed E-state index contributed by atoms with van der Waals surface area (Å²) >= 11 is 6.76. The highest BCUT2D eigenvalue weighted by atomic mass is 35.5. The summed E-state index contributed by atoms with van der Waals surface area (Å²) in [5.74, 6) is 0.486. The number of carbonyl (C=O) groups is 1. The Labute approximate surface area is 261 Å². The highest BCUT2D eigenvalue weighted by molar-refractivity contribution is 6.33. The van der Waals surface area contributed by atoms with Crippen LogP contribution in [0.1, 0.15) is 19.5 Å². The third-order valence-corrected chi connectivity index (χ3v) is 8.30. The zero-order valence-electron chi connectivity index (χ0n) is 25.0. The summed E-state index contributed by atoms with van der Waals surface area (Å²) in [5.41, 5.74) is 6.03. The van der Waals surface area contributed by atoms with Crippen LogP contribution in [0, 0.1) is 0 Å². The molecule has 5 aromatic rings. The van der Waals surface area contributed by atoms with Crippen LogP contribution in [0.25, 0.3) is 33.3 Å². The second-order valence-electron chi connectivity index (χ2n) is 11.2. The van der Waals surface area contributed by atoms with E-state index in [0.717, 1.165) is 54.1 Å². The van der Waals surface area contributed by atoms with Gasteiger partial charge in [-0.2, -0.15) is 4.98 Å². The number of aryl methyl sites for hydroxylation is 1. The van der Waals surface area contributed by atoms with Gasteiger partial charge in [-0.05, 0) is 68.9 Å². The van der Waals surface area contributed by atoms with E-state index in [1.165, 1.54) is 5.69 Å². The van der Waals surface area contributed by atoms with Crippen LogP contribution in [0.3, 0.4) is 0 Å². The maximum Gasteiger partial charge on any atom is 0.260 e. The molecule has 224 valence electrons. The van der Waals surface area contributed by atoms with Gasteiger partial charge in [-0.15, -0.1) is 0 Å². The number of rotatable bonds is 8. The van der Waals surface area contributed by atoms with Crippen molar-refractivity contribution in [2.24, 2.45) is 0 Å². The van der Waals surface area contributed by atoms with Crippen molar-refractivity contribution < 1.29 is 4.79 Å². The van der Waals surface area contributed by atoms with Crippen LogP contribution >= 0.6 is 11.6 Å². The molecule has 0 spiro atoms. The molecule has 0 unspecified atom stereocenters. The molecule has 0 saturated carbocycles. The van der Waals surface area contributed by atoms with Gasteiger partial charge in [-0.25, -0.2) is 4.98 Å². The smallest absolute Gasteiger partial charge is 0.260 e. The predicted molar refractivity (Wildman–Crippen MR) is 177 cm³/mol. The van der Waals surface area contributed by atoms with Crippen LogP contribution in [0.4, 0.5) is 17.3 Å². The number of Topliss-reactive ketones (excluding diaryl/α,β-unsaturated/α-hetero) is 1. The lowest BCUT2D eigenvalue weighted by atomic mass is 10.0. The Morgan fingerprint density at radius 3 is 2.32 bits per heavy atom. The first-order valence-corrected chi connectivity index (χ1v) is 15.1. The van der Waals surface area contributed by atoms with Crippen molar-refractivity contribution in [1.82, 2.24) is 24.4 Å². The van der Waals surface area contributed by atoms with Gasteiger partial charge >= 0.3 is 0 Å². The number of nitrogens with zero attached hydrogens (tertiary/aromatic N) is 6. The number of ketones is 1. The van der Waals surface area contributed by atoms with E-state index in [1.54, 1.807) is 30.0 Å². The minimum atomic E-state index is -0.175. The van der Waals surface area contributed by atoms with Crippen molar-refractivity contribution >= 4 is 45.7 Å². The Morgan fingerprint density at radius 2 is 1.66 bits per heavy atom. The van der Waals surface area contributed by atoms with E-state index < -0.39 is 0 Å². The molecule has 0 amide bonds. The minimum Gasteiger partial charge on any atom is -0.369 e. The van der Waals surface area contributed by atoms with Crippen molar-refractivity contribution in [3.05, 3.63) is 94.1 Å². The van der Waals surface area contributed by atoms with Crippen molar-refractivity contribution in [3.63, 3.8) is 0 Å². The standard InChI is InChI=1S/C34H34ClN7O2/c1-4-42-32-25(21-37-34(39-32)38-26-8-10-28(11-9-26)41-15-13-40(3)14-16-41)18-30(33(42)44)29-12-6-23(19-31(29)35)24-5-7-27(36-20-24)17-22(2)43/h5-12,18-21H,4,13-17H2,1-3H3,(H,37,38,39). The van der Waals surface area contributed by atoms with Crippen LogP contribution in [-0.2, 0) is 17.8 Å². The number of piperazine rings is 1. The normalized spacial score (nSPS) is 13.8. The van der Waals surface area contributed by atoms with Gasteiger partial charge in [0, 0.05) is 95.7 Å². The van der Waals surface area contributed by atoms with E-state index in [-0.39, 0.29) is 11.3 Å². The Hall–Kier alpha value is -4.60. The Balaban J connectivity index is 1.25. The average molecular weight is 608 g/mol. The largest absolute Gasteiger partial charge is 0.369 e. The summed E-state index contributed by atoms with van der Waals surface area (Å²) in [4.78, 5) is 43.5. The quantitative estimate of drug-likeness (QED) is 0.236. The fourth-order valence-corrected chi connectivity index (χ4v) is 5.81. The van der Waals surface area contributed by atoms with Crippen molar-refractivity contribution in [3.8, 4) is 22.3 Å². The molecule has 0 bridgehead atoms. The Kier molecular flexibility index (Phi) is 8.41. The van der Waals surface area contributed by atoms with Crippen LogP contribution in [0.15, 0.2) is 77.9 Å². The summed E-state index contributed by atoms with van der Waals surface area (Å²) in [6.45, 7) is 8.04. The van der Waals surface area contributed by atoms with E-state index in [2.05, 4.69) is 44.3 Å². The van der Waals surface area contributed by atoms with Gasteiger partial charge in [0.15, 0.2) is 0 Å². The second kappa shape index (κ2) is 12.6. The highest BCUT2D eigenvalue weighted by Crippen LogP contribution is 2.32. The predicted octanol–water partition coefficient (Wildman–Crippen LogP) is 5.82. The Morgan fingerprint density at radius 1 is 0.909 bits per heavy atom. The monoisotopic (exact) mass is 607 g/mol. The third-order valence-electron chi connectivity index (χ3n) is 7.98. The molecule has 0 atom stereocenters. The van der Waals surface area contributed by atoms with Gasteiger partial charge in [-0.1, -0.05) is 29.8 Å². The summed E-state index contributed by atoms with van der Waals surface area (Å²) in [7, 11) is 2.15. The topological polar surface area (TPSA) is 96.2 Å². The van der Waals surface area contributed by atoms with Crippen LogP contribution in [-0.4, -0.2) is 63.4 Å². The lowest BCUT2D eigenvalue weighted by Gasteiger charge is -2.34. The first-order chi connectivity index (χ1) is 21.3. The number of hydrogen-bond donors (Lipinski definition) is 1. The van der Waals surface area contributed by atoms with Crippen LogP contribution < -0.4 is 15.8 Å². The first kappa shape index (κ1) is 29.5. The van der Waals surface area contributed by atoms with Crippen molar-refractivity contribution in [1.29, 1.82) is 0 Å². The average Bonchev–Trinajstić information content (AvgIpc) is 3.02. The molecule has 1 aliphatic heterocycles. The van der Waals surface area contributed by atoms with Gasteiger partial charge in [0.2, 0.25) is 5.95 Å². The Bertz CT molecular complexity index is 1880. The van der Waals surface area contributed by atoms with E-state index in [9.17, 15) is 9.59 Å². The maximum atomic E-state index is 13.7. The molecular weight excluding hydrogens is 574 g/mol. The molecule has 3 aromatic heterocycles. The van der Waals surface area contributed by atoms with Crippen molar-refractivity contribution in [2.45, 2.75) is 26.8 Å². The molecule has 0 radical (unpaired) electrons. The summed E-state index contributed by atoms with van der Waals surface area (Å²) in [6.07, 6.45) is 3.76. The SMILES string of the molecule is CCn1c(=O)c(-c2ccc(-c3ccc(CC(C)=O)nc3)cc2Cl)cc2cnc(Nc3ccc(N4CCN(C)CC4)cc3)nc21. The molecule has 6 rings (SSSR count). The van der Waals surface area contributed by atoms with E-state index in [4.69, 9.17) is 16.6 Å². The zero-order valence-corrected chi connectivity index (χ0v) is 25.8. The molecule has 9 nitrogen and oxygen atoms in total. The van der Waals surface area contributed by atoms with Gasteiger partial charge in [0.25, 0.3) is 5.56 Å². The molecule has 0 aliphatic carbocycles. The minimum absolute atomic E-state index is 0.0649. The lowest BCUT2D eigenvalue weighted by Crippen LogP contribution is -2.44. The van der Waals surface area contributed by atoms with E-state index in [0.29, 0.717) is 40.7 Å². The number of hydrogen-bond acceptors (Lipinski definition) is 8. The molecule has 44 heavy (non-hydrogen) atoms. The number of fused-ring (bicyclic) bond motifs is 1. The van der Waals surface area contributed by atoms with Crippen molar-refractivity contribution in [2.75, 3.05) is 43.4 Å². The fraction of sp³-hybridized carbons (Fsp3) is 0.265. The zero-order chi connectivity index (χ0) is 30.8. The number of carbonyl (C=O) groups excluding carboxylic acids is 1. The molecule has 1 N–H and O–H groups in total. The molecule has 1 fully saturated rings. The number of aromatic nitrogens is 4. The summed E-state index contributed by atoms with van der Waals surface area (Å²) < 4.78 is 1.65. The van der Waals surface area contributed by atoms with Crippen LogP contribution in [0.5, 0.6) is 0 Å². The van der Waals surface area contributed by atoms with E-state index in [1.807, 2.05) is 49.4 Å². The lowest BCUT2D eigenvalue weighted by molar-refractivity contribution is -0.116. The number of pyridine rings is 2. The summed E-state index contributed by atoms with van der Waals surface area (Å²) in [5, 5.41) is 4.48. The van der Waals surface area contributed by atoms with Crippen LogP contribution in [0.2, 0.25) is 5.02 Å². The molecule has 1 aliphatic rings. The number of nitrogens with one attached hydrogen (secondary N) is 1. The molecular formula is C34H34ClN7O2. The second-order valence-corrected chi connectivity index (χ2v) is 11.6. The first-order valence-electron chi connectivity index (χ1n) is 14.7. The number of anilines is 3. The van der Waals surface area contributed by atoms with E-state index >= 15 is 0 Å². The van der Waals surface area contributed by atoms with Gasteiger partial charge in [0.1, 0.15) is 11.4 Å². The molecule has 4 heterocycles. The highest BCUT2D eigenvalue weighted by Gasteiger charge is 2.17. The molecule has 1 saturated heterocycles. The van der Waals surface area contributed by atoms with Gasteiger partial charge in [-0.3, -0.25) is 19.1 Å². The van der Waals surface area contributed by atoms with Gasteiger partial charge in [0.05, 0.1) is 0 Å². The molecule has 2 aromatic carbocycles. The molecule has 10 heteroatoms. The fourth-order valence-electron chi connectivity index (χ4n) is 5.52. The summed E-state index contributed by atoms with van der Waals surface area (Å²) in [6, 6.07) is 19.4. The van der Waals surface area contributed by atoms with Gasteiger partial charge < -0.3 is 15.1 Å². The number of halogens is 1.